The average molecular weight is 1140 g/mol. The van der Waals surface area contributed by atoms with Gasteiger partial charge in [0.1, 0.15) is 13.2 Å². The molecule has 9 heteroatoms. The molecule has 0 bridgehead atoms. The third-order valence-corrected chi connectivity index (χ3v) is 17.4. The Morgan fingerprint density at radius 3 is 1.04 bits per heavy atom. The fourth-order valence-electron chi connectivity index (χ4n) is 11.0. The van der Waals surface area contributed by atoms with Crippen LogP contribution in [0.3, 0.4) is 0 Å². The number of allylic oxidation sites excluding steroid dienone is 4. The SMILES string of the molecule is CCCCCCC/C=C\C/C=C\CCCCCCCCCCCCCCCCCCCCCCCCCCCCCCCC(=O)NC(COP(=O)(O)OCC[N+](C)(C)C)C(O)CCCCCCCCCCCCCCCCCC. The quantitative estimate of drug-likeness (QED) is 0.0243. The molecule has 0 saturated carbocycles. The zero-order valence-corrected chi connectivity index (χ0v) is 54.8. The third kappa shape index (κ3) is 64.4. The predicted molar refractivity (Wildman–Crippen MR) is 346 cm³/mol. The topological polar surface area (TPSA) is 105 Å². The van der Waals surface area contributed by atoms with Gasteiger partial charge in [0, 0.05) is 6.42 Å². The summed E-state index contributed by atoms with van der Waals surface area (Å²) >= 11 is 0. The van der Waals surface area contributed by atoms with Gasteiger partial charge in [0.2, 0.25) is 5.91 Å². The van der Waals surface area contributed by atoms with Gasteiger partial charge >= 0.3 is 7.82 Å². The van der Waals surface area contributed by atoms with Crippen LogP contribution >= 0.6 is 7.82 Å². The van der Waals surface area contributed by atoms with Crippen LogP contribution in [0.15, 0.2) is 24.3 Å². The van der Waals surface area contributed by atoms with E-state index in [4.69, 9.17) is 9.05 Å². The molecule has 0 rings (SSSR count). The van der Waals surface area contributed by atoms with Crippen LogP contribution in [0.1, 0.15) is 367 Å². The van der Waals surface area contributed by atoms with E-state index in [1.54, 1.807) is 0 Å². The molecular weight excluding hydrogens is 996 g/mol. The number of quaternary nitrogens is 1. The minimum Gasteiger partial charge on any atom is -0.391 e. The monoisotopic (exact) mass is 1140 g/mol. The van der Waals surface area contributed by atoms with Gasteiger partial charge in [0.15, 0.2) is 0 Å². The summed E-state index contributed by atoms with van der Waals surface area (Å²) < 4.78 is 23.8. The maximum absolute atomic E-state index is 13.0. The summed E-state index contributed by atoms with van der Waals surface area (Å²) in [6.45, 7) is 4.93. The predicted octanol–water partition coefficient (Wildman–Crippen LogP) is 22.3. The molecule has 0 spiro atoms. The van der Waals surface area contributed by atoms with E-state index in [2.05, 4.69) is 43.5 Å². The summed E-state index contributed by atoms with van der Waals surface area (Å²) in [6, 6.07) is -0.757. The van der Waals surface area contributed by atoms with Gasteiger partial charge in [-0.3, -0.25) is 13.8 Å². The lowest BCUT2D eigenvalue weighted by atomic mass is 10.0. The van der Waals surface area contributed by atoms with Crippen LogP contribution in [0.5, 0.6) is 0 Å². The molecule has 0 aromatic carbocycles. The molecule has 3 N–H and O–H groups in total. The van der Waals surface area contributed by atoms with Crippen molar-refractivity contribution < 1.29 is 32.9 Å². The molecule has 1 amide bonds. The van der Waals surface area contributed by atoms with E-state index in [0.29, 0.717) is 23.9 Å². The van der Waals surface area contributed by atoms with Gasteiger partial charge in [-0.1, -0.05) is 340 Å². The highest BCUT2D eigenvalue weighted by molar-refractivity contribution is 7.47. The number of nitrogens with one attached hydrogen (secondary N) is 1. The molecule has 0 heterocycles. The van der Waals surface area contributed by atoms with Crippen molar-refractivity contribution in [2.24, 2.45) is 0 Å². The van der Waals surface area contributed by atoms with E-state index in [-0.39, 0.29) is 19.1 Å². The number of rotatable bonds is 66. The number of likely N-dealkylation sites (N-methyl/N-ethyl adjacent to an activating group) is 1. The fourth-order valence-corrected chi connectivity index (χ4v) is 11.7. The minimum absolute atomic E-state index is 0.0781. The van der Waals surface area contributed by atoms with E-state index in [0.717, 1.165) is 44.9 Å². The molecule has 3 atom stereocenters. The first-order valence-corrected chi connectivity index (χ1v) is 36.7. The molecule has 470 valence electrons. The maximum Gasteiger partial charge on any atom is 0.472 e. The summed E-state index contributed by atoms with van der Waals surface area (Å²) in [5.41, 5.74) is 0. The first-order valence-electron chi connectivity index (χ1n) is 35.2. The molecule has 79 heavy (non-hydrogen) atoms. The van der Waals surface area contributed by atoms with Gasteiger partial charge in [-0.2, -0.15) is 0 Å². The highest BCUT2D eigenvalue weighted by atomic mass is 31.2. The molecular formula is C70H140N2O6P+. The number of nitrogens with zero attached hydrogens (tertiary/aromatic N) is 1. The third-order valence-electron chi connectivity index (χ3n) is 16.5. The fraction of sp³-hybridized carbons (Fsp3) is 0.929. The molecule has 8 nitrogen and oxygen atoms in total. The van der Waals surface area contributed by atoms with Gasteiger partial charge in [-0.25, -0.2) is 4.57 Å². The average Bonchev–Trinajstić information content (AvgIpc) is 3.42. The van der Waals surface area contributed by atoms with Gasteiger partial charge < -0.3 is 19.8 Å². The Morgan fingerprint density at radius 2 is 0.722 bits per heavy atom. The van der Waals surface area contributed by atoms with Crippen molar-refractivity contribution in [3.05, 3.63) is 24.3 Å². The Balaban J connectivity index is 3.82. The highest BCUT2D eigenvalue weighted by Gasteiger charge is 2.28. The van der Waals surface area contributed by atoms with Crippen LogP contribution in [-0.2, 0) is 18.4 Å². The molecule has 0 radical (unpaired) electrons. The number of aliphatic hydroxyl groups is 1. The lowest BCUT2D eigenvalue weighted by Crippen LogP contribution is -2.46. The number of phosphoric ester groups is 1. The van der Waals surface area contributed by atoms with E-state index in [9.17, 15) is 19.4 Å². The van der Waals surface area contributed by atoms with Gasteiger partial charge in [0.05, 0.1) is 39.9 Å². The molecule has 0 saturated heterocycles. The van der Waals surface area contributed by atoms with Crippen LogP contribution in [-0.4, -0.2) is 73.4 Å². The van der Waals surface area contributed by atoms with E-state index < -0.39 is 20.0 Å². The second-order valence-electron chi connectivity index (χ2n) is 25.6. The van der Waals surface area contributed by atoms with Crippen molar-refractivity contribution in [2.45, 2.75) is 379 Å². The molecule has 0 aromatic rings. The van der Waals surface area contributed by atoms with Gasteiger partial charge in [-0.15, -0.1) is 0 Å². The number of hydrogen-bond acceptors (Lipinski definition) is 5. The van der Waals surface area contributed by atoms with Crippen molar-refractivity contribution in [2.75, 3.05) is 40.9 Å². The number of phosphoric acid groups is 1. The zero-order chi connectivity index (χ0) is 57.7. The Kier molecular flexibility index (Phi) is 60.7. The second kappa shape index (κ2) is 61.5. The Bertz CT molecular complexity index is 1340. The molecule has 0 aliphatic heterocycles. The molecule has 0 aromatic heterocycles. The Hall–Kier alpha value is -1.02. The van der Waals surface area contributed by atoms with E-state index in [1.165, 1.54) is 295 Å². The highest BCUT2D eigenvalue weighted by Crippen LogP contribution is 2.43. The number of unbranched alkanes of at least 4 members (excludes halogenated alkanes) is 49. The normalized spacial score (nSPS) is 13.8. The number of carbonyl (C=O) groups excluding carboxylic acids is 1. The first kappa shape index (κ1) is 78.0. The summed E-state index contributed by atoms with van der Waals surface area (Å²) in [5.74, 6) is -0.136. The van der Waals surface area contributed by atoms with Gasteiger partial charge in [-0.05, 0) is 44.9 Å². The molecule has 0 aliphatic rings. The van der Waals surface area contributed by atoms with Crippen molar-refractivity contribution in [3.8, 4) is 0 Å². The van der Waals surface area contributed by atoms with Crippen molar-refractivity contribution in [1.29, 1.82) is 0 Å². The van der Waals surface area contributed by atoms with Crippen LogP contribution < -0.4 is 5.32 Å². The molecule has 3 unspecified atom stereocenters. The van der Waals surface area contributed by atoms with Crippen LogP contribution in [0, 0.1) is 0 Å². The van der Waals surface area contributed by atoms with Crippen molar-refractivity contribution >= 4 is 13.7 Å². The second-order valence-corrected chi connectivity index (χ2v) is 27.1. The van der Waals surface area contributed by atoms with Crippen LogP contribution in [0.25, 0.3) is 0 Å². The van der Waals surface area contributed by atoms with Crippen LogP contribution in [0.4, 0.5) is 0 Å². The molecule has 0 fully saturated rings. The number of amides is 1. The Labute approximate surface area is 494 Å². The van der Waals surface area contributed by atoms with Gasteiger partial charge in [0.25, 0.3) is 0 Å². The lowest BCUT2D eigenvalue weighted by molar-refractivity contribution is -0.870. The number of carbonyl (C=O) groups is 1. The number of aliphatic hydroxyl groups excluding tert-OH is 1. The van der Waals surface area contributed by atoms with Crippen molar-refractivity contribution in [1.82, 2.24) is 5.32 Å². The minimum atomic E-state index is -4.32. The summed E-state index contributed by atoms with van der Waals surface area (Å²) in [5, 5.41) is 14.1. The molecule has 0 aliphatic carbocycles. The standard InChI is InChI=1S/C70H139N2O6P/c1-6-8-10-12-14-16-18-20-22-24-25-26-27-28-29-30-31-32-33-34-35-36-37-38-39-40-41-42-43-44-45-46-47-48-50-52-54-56-58-60-62-64-70(74)71-68(67-78-79(75,76)77-66-65-72(3,4)5)69(73)63-61-59-57-55-53-51-49-23-21-19-17-15-13-11-9-7-2/h18,20,24-25,68-69,73H,6-17,19,21-23,26-67H2,1-5H3,(H-,71,74,75,76)/p+1/b20-18-,25-24-. The summed E-state index contributed by atoms with van der Waals surface area (Å²) in [7, 11) is 1.64. The summed E-state index contributed by atoms with van der Waals surface area (Å²) in [6.07, 6.45) is 80.1. The largest absolute Gasteiger partial charge is 0.472 e. The van der Waals surface area contributed by atoms with E-state index in [1.807, 2.05) is 21.1 Å². The zero-order valence-electron chi connectivity index (χ0n) is 53.9. The van der Waals surface area contributed by atoms with E-state index >= 15 is 0 Å². The van der Waals surface area contributed by atoms with Crippen molar-refractivity contribution in [3.63, 3.8) is 0 Å². The maximum atomic E-state index is 13.0. The number of hydrogen-bond donors (Lipinski definition) is 3. The summed E-state index contributed by atoms with van der Waals surface area (Å²) in [4.78, 5) is 23.4. The Morgan fingerprint density at radius 1 is 0.430 bits per heavy atom. The smallest absolute Gasteiger partial charge is 0.391 e. The first-order chi connectivity index (χ1) is 38.5. The van der Waals surface area contributed by atoms with Crippen LogP contribution in [0.2, 0.25) is 0 Å². The lowest BCUT2D eigenvalue weighted by Gasteiger charge is -2.26.